The number of hydrogen-bond donors (Lipinski definition) is 2. The van der Waals surface area contributed by atoms with Gasteiger partial charge in [-0.2, -0.15) is 0 Å². The van der Waals surface area contributed by atoms with E-state index in [1.165, 1.54) is 0 Å². The molecule has 0 spiro atoms. The van der Waals surface area contributed by atoms with E-state index in [9.17, 15) is 14.7 Å². The molecule has 1 aromatic rings. The fourth-order valence-corrected chi connectivity index (χ4v) is 1.93. The highest BCUT2D eigenvalue weighted by atomic mass is 16.6. The topological polar surface area (TPSA) is 94.1 Å². The zero-order valence-corrected chi connectivity index (χ0v) is 14.3. The van der Waals surface area contributed by atoms with Crippen LogP contribution >= 0.6 is 0 Å². The van der Waals surface area contributed by atoms with E-state index in [2.05, 4.69) is 5.32 Å². The first kappa shape index (κ1) is 19.9. The lowest BCUT2D eigenvalue weighted by Gasteiger charge is -2.18. The number of esters is 2. The second-order valence-corrected chi connectivity index (χ2v) is 5.08. The van der Waals surface area contributed by atoms with Gasteiger partial charge in [0.25, 0.3) is 0 Å². The van der Waals surface area contributed by atoms with Gasteiger partial charge in [0, 0.05) is 6.54 Å². The summed E-state index contributed by atoms with van der Waals surface area (Å²) in [5.74, 6) is -0.796. The smallest absolute Gasteiger partial charge is 0.334 e. The second kappa shape index (κ2) is 10.6. The highest BCUT2D eigenvalue weighted by Crippen LogP contribution is 2.16. The third-order valence-electron chi connectivity index (χ3n) is 3.13. The van der Waals surface area contributed by atoms with Gasteiger partial charge in [-0.25, -0.2) is 9.59 Å². The lowest BCUT2D eigenvalue weighted by molar-refractivity contribution is -0.158. The SMILES string of the molecule is CCOC(=O)C(NCC(O)COc1ccccc1C)C(=O)OCC. The Morgan fingerprint density at radius 2 is 1.71 bits per heavy atom. The molecule has 0 aromatic heterocycles. The molecule has 7 nitrogen and oxygen atoms in total. The van der Waals surface area contributed by atoms with Crippen LogP contribution < -0.4 is 10.1 Å². The molecule has 0 saturated heterocycles. The van der Waals surface area contributed by atoms with E-state index < -0.39 is 24.1 Å². The van der Waals surface area contributed by atoms with Crippen LogP contribution in [0.4, 0.5) is 0 Å². The Hall–Kier alpha value is -2.12. The maximum atomic E-state index is 11.8. The van der Waals surface area contributed by atoms with E-state index in [0.717, 1.165) is 5.56 Å². The van der Waals surface area contributed by atoms with Crippen molar-refractivity contribution in [1.82, 2.24) is 5.32 Å². The number of rotatable bonds is 10. The lowest BCUT2D eigenvalue weighted by Crippen LogP contribution is -2.48. The molecule has 0 aliphatic heterocycles. The largest absolute Gasteiger partial charge is 0.491 e. The summed E-state index contributed by atoms with van der Waals surface area (Å²) in [5, 5.41) is 12.6. The predicted molar refractivity (Wildman–Crippen MR) is 87.7 cm³/mol. The van der Waals surface area contributed by atoms with Crippen molar-refractivity contribution in [2.24, 2.45) is 0 Å². The average Bonchev–Trinajstić information content (AvgIpc) is 2.55. The summed E-state index contributed by atoms with van der Waals surface area (Å²) in [6, 6.07) is 6.17. The number of aliphatic hydroxyl groups excluding tert-OH is 1. The summed E-state index contributed by atoms with van der Waals surface area (Å²) in [4.78, 5) is 23.6. The van der Waals surface area contributed by atoms with Crippen LogP contribution in [0.15, 0.2) is 24.3 Å². The van der Waals surface area contributed by atoms with Crippen LogP contribution in [0.3, 0.4) is 0 Å². The standard InChI is InChI=1S/C17H25NO6/c1-4-22-16(20)15(17(21)23-5-2)18-10-13(19)11-24-14-9-7-6-8-12(14)3/h6-9,13,15,18-19H,4-5,10-11H2,1-3H3. The quantitative estimate of drug-likeness (QED) is 0.481. The minimum Gasteiger partial charge on any atom is -0.491 e. The van der Waals surface area contributed by atoms with Crippen LogP contribution in [0.1, 0.15) is 19.4 Å². The van der Waals surface area contributed by atoms with E-state index in [-0.39, 0.29) is 26.4 Å². The van der Waals surface area contributed by atoms with Gasteiger partial charge in [0.15, 0.2) is 0 Å². The van der Waals surface area contributed by atoms with Crippen molar-refractivity contribution in [3.8, 4) is 5.75 Å². The van der Waals surface area contributed by atoms with Crippen molar-refractivity contribution in [2.45, 2.75) is 32.9 Å². The zero-order valence-electron chi connectivity index (χ0n) is 14.3. The summed E-state index contributed by atoms with van der Waals surface area (Å²) < 4.78 is 15.2. The number of carbonyl (C=O) groups is 2. The first-order valence-corrected chi connectivity index (χ1v) is 7.92. The predicted octanol–water partition coefficient (Wildman–Crippen LogP) is 0.819. The third kappa shape index (κ3) is 6.55. The molecule has 24 heavy (non-hydrogen) atoms. The maximum absolute atomic E-state index is 11.8. The van der Waals surface area contributed by atoms with Crippen molar-refractivity contribution in [2.75, 3.05) is 26.4 Å². The number of para-hydroxylation sites is 1. The van der Waals surface area contributed by atoms with Gasteiger partial charge in [-0.3, -0.25) is 5.32 Å². The van der Waals surface area contributed by atoms with Gasteiger partial charge in [0.2, 0.25) is 6.04 Å². The molecule has 0 bridgehead atoms. The van der Waals surface area contributed by atoms with E-state index in [1.54, 1.807) is 19.9 Å². The summed E-state index contributed by atoms with van der Waals surface area (Å²) in [6.07, 6.45) is -0.907. The van der Waals surface area contributed by atoms with Crippen LogP contribution in [0.25, 0.3) is 0 Å². The van der Waals surface area contributed by atoms with Gasteiger partial charge in [-0.15, -0.1) is 0 Å². The molecule has 0 aliphatic rings. The van der Waals surface area contributed by atoms with E-state index in [0.29, 0.717) is 5.75 Å². The van der Waals surface area contributed by atoms with E-state index in [1.807, 2.05) is 25.1 Å². The van der Waals surface area contributed by atoms with Gasteiger partial charge >= 0.3 is 11.9 Å². The fraction of sp³-hybridized carbons (Fsp3) is 0.529. The monoisotopic (exact) mass is 339 g/mol. The van der Waals surface area contributed by atoms with Gasteiger partial charge in [-0.05, 0) is 32.4 Å². The Kier molecular flexibility index (Phi) is 8.81. The maximum Gasteiger partial charge on any atom is 0.334 e. The molecule has 0 aliphatic carbocycles. The normalized spacial score (nSPS) is 11.9. The number of ether oxygens (including phenoxy) is 3. The molecule has 2 N–H and O–H groups in total. The fourth-order valence-electron chi connectivity index (χ4n) is 1.93. The molecule has 1 rings (SSSR count). The van der Waals surface area contributed by atoms with Gasteiger partial charge in [0.05, 0.1) is 13.2 Å². The number of hydrogen-bond acceptors (Lipinski definition) is 7. The summed E-state index contributed by atoms with van der Waals surface area (Å²) in [6.45, 7) is 5.49. The molecule has 0 saturated carbocycles. The molecule has 0 radical (unpaired) electrons. The average molecular weight is 339 g/mol. The molecule has 7 heteroatoms. The highest BCUT2D eigenvalue weighted by molar-refractivity contribution is 5.99. The molecular formula is C17H25NO6. The molecule has 1 unspecified atom stereocenters. The van der Waals surface area contributed by atoms with Crippen LogP contribution in [0.2, 0.25) is 0 Å². The number of aliphatic hydroxyl groups is 1. The van der Waals surface area contributed by atoms with Crippen molar-refractivity contribution in [3.63, 3.8) is 0 Å². The zero-order chi connectivity index (χ0) is 17.9. The van der Waals surface area contributed by atoms with Crippen LogP contribution in [0.5, 0.6) is 5.75 Å². The number of aryl methyl sites for hydroxylation is 1. The number of benzene rings is 1. The van der Waals surface area contributed by atoms with Crippen molar-refractivity contribution >= 4 is 11.9 Å². The van der Waals surface area contributed by atoms with Gasteiger partial charge in [0.1, 0.15) is 18.5 Å². The molecule has 0 fully saturated rings. The summed E-state index contributed by atoms with van der Waals surface area (Å²) >= 11 is 0. The molecule has 134 valence electrons. The molecule has 0 amide bonds. The van der Waals surface area contributed by atoms with Crippen molar-refractivity contribution < 1.29 is 28.9 Å². The van der Waals surface area contributed by atoms with E-state index in [4.69, 9.17) is 14.2 Å². The van der Waals surface area contributed by atoms with Crippen LogP contribution in [-0.2, 0) is 19.1 Å². The number of nitrogens with one attached hydrogen (secondary N) is 1. The first-order chi connectivity index (χ1) is 11.5. The Morgan fingerprint density at radius 1 is 1.12 bits per heavy atom. The van der Waals surface area contributed by atoms with Crippen LogP contribution in [-0.4, -0.2) is 55.6 Å². The number of carbonyl (C=O) groups excluding carboxylic acids is 2. The molecule has 0 heterocycles. The Bertz CT molecular complexity index is 516. The van der Waals surface area contributed by atoms with E-state index >= 15 is 0 Å². The Balaban J connectivity index is 2.51. The lowest BCUT2D eigenvalue weighted by atomic mass is 10.2. The van der Waals surface area contributed by atoms with Crippen molar-refractivity contribution in [1.29, 1.82) is 0 Å². The molecular weight excluding hydrogens is 314 g/mol. The first-order valence-electron chi connectivity index (χ1n) is 7.92. The Morgan fingerprint density at radius 3 is 2.25 bits per heavy atom. The van der Waals surface area contributed by atoms with Crippen molar-refractivity contribution in [3.05, 3.63) is 29.8 Å². The van der Waals surface area contributed by atoms with Gasteiger partial charge in [-0.1, -0.05) is 18.2 Å². The summed E-state index contributed by atoms with van der Waals surface area (Å²) in [5.41, 5.74) is 0.952. The van der Waals surface area contributed by atoms with Crippen LogP contribution in [0, 0.1) is 6.92 Å². The Labute approximate surface area is 141 Å². The molecule has 1 atom stereocenters. The second-order valence-electron chi connectivity index (χ2n) is 5.08. The highest BCUT2D eigenvalue weighted by Gasteiger charge is 2.29. The minimum absolute atomic E-state index is 0.0197. The molecule has 1 aromatic carbocycles. The van der Waals surface area contributed by atoms with Gasteiger partial charge < -0.3 is 19.3 Å². The third-order valence-corrected chi connectivity index (χ3v) is 3.13. The summed E-state index contributed by atoms with van der Waals surface area (Å²) in [7, 11) is 0. The minimum atomic E-state index is -1.27.